The first-order valence-corrected chi connectivity index (χ1v) is 6.85. The predicted octanol–water partition coefficient (Wildman–Crippen LogP) is 1.65. The summed E-state index contributed by atoms with van der Waals surface area (Å²) in [5, 5.41) is 3.19. The highest BCUT2D eigenvalue weighted by atomic mass is 16.5. The van der Waals surface area contributed by atoms with Crippen LogP contribution < -0.4 is 10.1 Å². The van der Waals surface area contributed by atoms with Crippen LogP contribution in [0.3, 0.4) is 0 Å². The van der Waals surface area contributed by atoms with Crippen molar-refractivity contribution < 1.29 is 9.53 Å². The molecule has 0 bridgehead atoms. The third-order valence-electron chi connectivity index (χ3n) is 3.41. The molecular weight excluding hydrogens is 240 g/mol. The molecule has 0 saturated carbocycles. The minimum atomic E-state index is 0.223. The SMILES string of the molecule is CCOc1ccc(CN(C)C(=O)CC2CNC2)cc1. The van der Waals surface area contributed by atoms with Gasteiger partial charge in [0.2, 0.25) is 5.91 Å². The van der Waals surface area contributed by atoms with E-state index in [9.17, 15) is 4.79 Å². The van der Waals surface area contributed by atoms with Crippen LogP contribution in [0.25, 0.3) is 0 Å². The molecule has 1 heterocycles. The molecule has 0 unspecified atom stereocenters. The maximum Gasteiger partial charge on any atom is 0.222 e. The van der Waals surface area contributed by atoms with Gasteiger partial charge >= 0.3 is 0 Å². The highest BCUT2D eigenvalue weighted by Gasteiger charge is 2.21. The fourth-order valence-electron chi connectivity index (χ4n) is 2.12. The number of hydrogen-bond acceptors (Lipinski definition) is 3. The number of ether oxygens (including phenoxy) is 1. The summed E-state index contributed by atoms with van der Waals surface area (Å²) in [6.45, 7) is 5.25. The second-order valence-electron chi connectivity index (χ2n) is 5.06. The number of hydrogen-bond donors (Lipinski definition) is 1. The smallest absolute Gasteiger partial charge is 0.222 e. The van der Waals surface area contributed by atoms with Crippen molar-refractivity contribution in [2.24, 2.45) is 5.92 Å². The van der Waals surface area contributed by atoms with Gasteiger partial charge in [0.25, 0.3) is 0 Å². The van der Waals surface area contributed by atoms with Crippen LogP contribution >= 0.6 is 0 Å². The number of nitrogens with zero attached hydrogens (tertiary/aromatic N) is 1. The molecule has 4 nitrogen and oxygen atoms in total. The number of benzene rings is 1. The molecule has 2 rings (SSSR count). The van der Waals surface area contributed by atoms with Crippen molar-refractivity contribution in [2.45, 2.75) is 19.9 Å². The molecule has 0 aromatic heterocycles. The number of amides is 1. The summed E-state index contributed by atoms with van der Waals surface area (Å²) in [7, 11) is 1.87. The van der Waals surface area contributed by atoms with Gasteiger partial charge in [-0.3, -0.25) is 4.79 Å². The van der Waals surface area contributed by atoms with Crippen LogP contribution in [-0.2, 0) is 11.3 Å². The van der Waals surface area contributed by atoms with E-state index >= 15 is 0 Å². The Balaban J connectivity index is 1.83. The molecule has 1 aromatic rings. The fraction of sp³-hybridized carbons (Fsp3) is 0.533. The van der Waals surface area contributed by atoms with Gasteiger partial charge in [0, 0.05) is 20.0 Å². The van der Waals surface area contributed by atoms with Crippen molar-refractivity contribution in [3.63, 3.8) is 0 Å². The molecular formula is C15H22N2O2. The van der Waals surface area contributed by atoms with Crippen molar-refractivity contribution in [3.05, 3.63) is 29.8 Å². The van der Waals surface area contributed by atoms with Crippen molar-refractivity contribution in [1.82, 2.24) is 10.2 Å². The van der Waals surface area contributed by atoms with Gasteiger partial charge in [-0.15, -0.1) is 0 Å². The minimum Gasteiger partial charge on any atom is -0.494 e. The first-order chi connectivity index (χ1) is 9.19. The van der Waals surface area contributed by atoms with Crippen LogP contribution in [0.15, 0.2) is 24.3 Å². The monoisotopic (exact) mass is 262 g/mol. The average Bonchev–Trinajstić information content (AvgIpc) is 2.36. The molecule has 1 aliphatic heterocycles. The third kappa shape index (κ3) is 3.96. The predicted molar refractivity (Wildman–Crippen MR) is 75.1 cm³/mol. The van der Waals surface area contributed by atoms with Gasteiger partial charge in [-0.25, -0.2) is 0 Å². The highest BCUT2D eigenvalue weighted by molar-refractivity contribution is 5.76. The fourth-order valence-corrected chi connectivity index (χ4v) is 2.12. The van der Waals surface area contributed by atoms with Crippen LogP contribution in [-0.4, -0.2) is 37.6 Å². The molecule has 0 spiro atoms. The van der Waals surface area contributed by atoms with E-state index in [-0.39, 0.29) is 5.91 Å². The Morgan fingerprint density at radius 1 is 1.37 bits per heavy atom. The quantitative estimate of drug-likeness (QED) is 0.847. The zero-order chi connectivity index (χ0) is 13.7. The van der Waals surface area contributed by atoms with E-state index in [1.807, 2.05) is 38.2 Å². The van der Waals surface area contributed by atoms with Gasteiger partial charge in [-0.1, -0.05) is 12.1 Å². The largest absolute Gasteiger partial charge is 0.494 e. The van der Waals surface area contributed by atoms with E-state index in [1.165, 1.54) is 0 Å². The summed E-state index contributed by atoms with van der Waals surface area (Å²) in [4.78, 5) is 13.8. The Hall–Kier alpha value is -1.55. The van der Waals surface area contributed by atoms with Crippen LogP contribution in [0, 0.1) is 5.92 Å². The molecule has 1 aliphatic rings. The molecule has 0 radical (unpaired) electrons. The maximum absolute atomic E-state index is 12.0. The van der Waals surface area contributed by atoms with E-state index < -0.39 is 0 Å². The molecule has 1 saturated heterocycles. The summed E-state index contributed by atoms with van der Waals surface area (Å²) < 4.78 is 5.40. The number of rotatable bonds is 6. The Labute approximate surface area is 114 Å². The van der Waals surface area contributed by atoms with E-state index in [1.54, 1.807) is 4.90 Å². The van der Waals surface area contributed by atoms with Gasteiger partial charge in [0.05, 0.1) is 6.61 Å². The van der Waals surface area contributed by atoms with E-state index in [0.717, 1.165) is 24.4 Å². The second-order valence-corrected chi connectivity index (χ2v) is 5.06. The number of carbonyl (C=O) groups excluding carboxylic acids is 1. The second kappa shape index (κ2) is 6.57. The third-order valence-corrected chi connectivity index (χ3v) is 3.41. The van der Waals surface area contributed by atoms with E-state index in [2.05, 4.69) is 5.32 Å². The van der Waals surface area contributed by atoms with Crippen LogP contribution in [0.4, 0.5) is 0 Å². The molecule has 0 atom stereocenters. The zero-order valence-corrected chi connectivity index (χ0v) is 11.7. The van der Waals surface area contributed by atoms with E-state index in [4.69, 9.17) is 4.74 Å². The lowest BCUT2D eigenvalue weighted by atomic mass is 9.99. The van der Waals surface area contributed by atoms with Crippen LogP contribution in [0.5, 0.6) is 5.75 Å². The molecule has 1 N–H and O–H groups in total. The molecule has 4 heteroatoms. The minimum absolute atomic E-state index is 0.223. The van der Waals surface area contributed by atoms with Crippen molar-refractivity contribution in [3.8, 4) is 5.75 Å². The first-order valence-electron chi connectivity index (χ1n) is 6.85. The molecule has 1 amide bonds. The first kappa shape index (κ1) is 13.9. The van der Waals surface area contributed by atoms with Gasteiger partial charge in [0.15, 0.2) is 0 Å². The molecule has 1 fully saturated rings. The molecule has 0 aliphatic carbocycles. The summed E-state index contributed by atoms with van der Waals surface area (Å²) in [5.41, 5.74) is 1.13. The Morgan fingerprint density at radius 3 is 2.58 bits per heavy atom. The maximum atomic E-state index is 12.0. The summed E-state index contributed by atoms with van der Waals surface area (Å²) in [6.07, 6.45) is 0.653. The lowest BCUT2D eigenvalue weighted by Crippen LogP contribution is -2.44. The summed E-state index contributed by atoms with van der Waals surface area (Å²) >= 11 is 0. The number of carbonyl (C=O) groups is 1. The average molecular weight is 262 g/mol. The van der Waals surface area contributed by atoms with E-state index in [0.29, 0.717) is 25.5 Å². The lowest BCUT2D eigenvalue weighted by molar-refractivity contribution is -0.131. The number of nitrogens with one attached hydrogen (secondary N) is 1. The van der Waals surface area contributed by atoms with Crippen LogP contribution in [0.2, 0.25) is 0 Å². The summed E-state index contributed by atoms with van der Waals surface area (Å²) in [6, 6.07) is 7.93. The summed E-state index contributed by atoms with van der Waals surface area (Å²) in [5.74, 6) is 1.62. The van der Waals surface area contributed by atoms with Crippen molar-refractivity contribution >= 4 is 5.91 Å². The Kier molecular flexibility index (Phi) is 4.80. The molecule has 104 valence electrons. The van der Waals surface area contributed by atoms with Crippen molar-refractivity contribution in [2.75, 3.05) is 26.7 Å². The Bertz CT molecular complexity index is 413. The lowest BCUT2D eigenvalue weighted by Gasteiger charge is -2.28. The zero-order valence-electron chi connectivity index (χ0n) is 11.7. The van der Waals surface area contributed by atoms with Crippen molar-refractivity contribution in [1.29, 1.82) is 0 Å². The van der Waals surface area contributed by atoms with Gasteiger partial charge < -0.3 is 15.0 Å². The highest BCUT2D eigenvalue weighted by Crippen LogP contribution is 2.15. The van der Waals surface area contributed by atoms with Gasteiger partial charge in [-0.05, 0) is 43.6 Å². The molecule has 1 aromatic carbocycles. The Morgan fingerprint density at radius 2 is 2.05 bits per heavy atom. The topological polar surface area (TPSA) is 41.6 Å². The van der Waals surface area contributed by atoms with Crippen LogP contribution in [0.1, 0.15) is 18.9 Å². The molecule has 19 heavy (non-hydrogen) atoms. The van der Waals surface area contributed by atoms with Gasteiger partial charge in [0.1, 0.15) is 5.75 Å². The standard InChI is InChI=1S/C15H22N2O2/c1-3-19-14-6-4-12(5-7-14)11-17(2)15(18)8-13-9-16-10-13/h4-7,13,16H,3,8-11H2,1-2H3. The van der Waals surface area contributed by atoms with Gasteiger partial charge in [-0.2, -0.15) is 0 Å². The normalized spacial score (nSPS) is 14.8.